The maximum atomic E-state index is 11.2. The third kappa shape index (κ3) is 5.18. The van der Waals surface area contributed by atoms with Crippen molar-refractivity contribution in [2.45, 2.75) is 25.7 Å². The van der Waals surface area contributed by atoms with Gasteiger partial charge in [0.15, 0.2) is 0 Å². The van der Waals surface area contributed by atoms with Gasteiger partial charge in [0, 0.05) is 6.54 Å². The average Bonchev–Trinajstić information content (AvgIpc) is 2.85. The van der Waals surface area contributed by atoms with Crippen molar-refractivity contribution in [1.82, 2.24) is 4.72 Å². The van der Waals surface area contributed by atoms with E-state index >= 15 is 0 Å². The fourth-order valence-corrected chi connectivity index (χ4v) is 2.14. The summed E-state index contributed by atoms with van der Waals surface area (Å²) in [4.78, 5) is 10.1. The van der Waals surface area contributed by atoms with Crippen LogP contribution in [-0.4, -0.2) is 31.8 Å². The first kappa shape index (κ1) is 11.5. The number of hydrogen-bond donors (Lipinski definition) is 2. The van der Waals surface area contributed by atoms with E-state index in [9.17, 15) is 13.2 Å². The molecule has 5 nitrogen and oxygen atoms in total. The minimum atomic E-state index is -3.38. The zero-order chi connectivity index (χ0) is 10.6. The molecule has 1 rings (SSSR count). The van der Waals surface area contributed by atoms with E-state index in [1.165, 1.54) is 12.8 Å². The van der Waals surface area contributed by atoms with Crippen LogP contribution in [0.5, 0.6) is 0 Å². The highest BCUT2D eigenvalue weighted by molar-refractivity contribution is 7.89. The Bertz CT molecular complexity index is 294. The number of carbonyl (C=O) groups is 1. The summed E-state index contributed by atoms with van der Waals surface area (Å²) in [6, 6.07) is 0. The Morgan fingerprint density at radius 2 is 2.07 bits per heavy atom. The largest absolute Gasteiger partial charge is 0.481 e. The number of nitrogens with one attached hydrogen (secondary N) is 1. The smallest absolute Gasteiger partial charge is 0.304 e. The Kier molecular flexibility index (Phi) is 3.88. The van der Waals surface area contributed by atoms with E-state index < -0.39 is 16.0 Å². The lowest BCUT2D eigenvalue weighted by Crippen LogP contribution is -2.28. The first-order valence-electron chi connectivity index (χ1n) is 4.69. The topological polar surface area (TPSA) is 83.5 Å². The third-order valence-corrected chi connectivity index (χ3v) is 3.54. The van der Waals surface area contributed by atoms with Gasteiger partial charge < -0.3 is 5.11 Å². The van der Waals surface area contributed by atoms with E-state index in [1.807, 2.05) is 0 Å². The van der Waals surface area contributed by atoms with Gasteiger partial charge in [-0.05, 0) is 12.3 Å². The van der Waals surface area contributed by atoms with Crippen molar-refractivity contribution in [3.05, 3.63) is 0 Å². The highest BCUT2D eigenvalue weighted by Crippen LogP contribution is 2.31. The molecule has 0 radical (unpaired) electrons. The van der Waals surface area contributed by atoms with Gasteiger partial charge in [-0.25, -0.2) is 13.1 Å². The van der Waals surface area contributed by atoms with Gasteiger partial charge in [0.05, 0.1) is 12.2 Å². The van der Waals surface area contributed by atoms with Crippen LogP contribution < -0.4 is 4.72 Å². The molecule has 0 heterocycles. The predicted molar refractivity (Wildman–Crippen MR) is 51.4 cm³/mol. The SMILES string of the molecule is O=C(O)CCS(=O)(=O)NCCC1CC1. The van der Waals surface area contributed by atoms with Gasteiger partial charge in [-0.2, -0.15) is 0 Å². The fraction of sp³-hybridized carbons (Fsp3) is 0.875. The number of sulfonamides is 1. The Morgan fingerprint density at radius 3 is 2.57 bits per heavy atom. The molecule has 2 N–H and O–H groups in total. The monoisotopic (exact) mass is 221 g/mol. The Hall–Kier alpha value is -0.620. The molecule has 1 aliphatic rings. The molecule has 0 atom stereocenters. The van der Waals surface area contributed by atoms with E-state index in [4.69, 9.17) is 5.11 Å². The minimum absolute atomic E-state index is 0.326. The Labute approximate surface area is 83.6 Å². The van der Waals surface area contributed by atoms with E-state index in [1.54, 1.807) is 0 Å². The standard InChI is InChI=1S/C8H15NO4S/c10-8(11)4-6-14(12,13)9-5-3-7-1-2-7/h7,9H,1-6H2,(H,10,11). The quantitative estimate of drug-likeness (QED) is 0.642. The molecule has 0 unspecified atom stereocenters. The summed E-state index contributed by atoms with van der Waals surface area (Å²) in [5.74, 6) is -0.734. The molecule has 14 heavy (non-hydrogen) atoms. The van der Waals surface area contributed by atoms with Gasteiger partial charge in [0.2, 0.25) is 10.0 Å². The number of carboxylic acids is 1. The van der Waals surface area contributed by atoms with Crippen molar-refractivity contribution in [2.24, 2.45) is 5.92 Å². The lowest BCUT2D eigenvalue weighted by Gasteiger charge is -2.04. The first-order valence-corrected chi connectivity index (χ1v) is 6.34. The zero-order valence-corrected chi connectivity index (χ0v) is 8.72. The summed E-state index contributed by atoms with van der Waals surface area (Å²) < 4.78 is 24.7. The van der Waals surface area contributed by atoms with Crippen LogP contribution in [0.1, 0.15) is 25.7 Å². The molecule has 1 saturated carbocycles. The summed E-state index contributed by atoms with van der Waals surface area (Å²) in [5.41, 5.74) is 0. The number of hydrogen-bond acceptors (Lipinski definition) is 3. The summed E-state index contributed by atoms with van der Waals surface area (Å²) >= 11 is 0. The zero-order valence-electron chi connectivity index (χ0n) is 7.90. The lowest BCUT2D eigenvalue weighted by atomic mass is 10.3. The second kappa shape index (κ2) is 4.75. The predicted octanol–water partition coefficient (Wildman–Crippen LogP) is 0.181. The molecule has 0 aromatic heterocycles. The number of aliphatic carboxylic acids is 1. The van der Waals surface area contributed by atoms with Gasteiger partial charge in [-0.3, -0.25) is 4.79 Å². The maximum absolute atomic E-state index is 11.2. The average molecular weight is 221 g/mol. The number of carboxylic acid groups (broad SMARTS) is 1. The summed E-state index contributed by atoms with van der Waals surface area (Å²) in [6.07, 6.45) is 2.92. The van der Waals surface area contributed by atoms with Crippen LogP contribution in [0.25, 0.3) is 0 Å². The van der Waals surface area contributed by atoms with Crippen LogP contribution in [0.2, 0.25) is 0 Å². The molecule has 0 aromatic rings. The molecule has 0 aliphatic heterocycles. The van der Waals surface area contributed by atoms with E-state index in [0.29, 0.717) is 12.5 Å². The summed E-state index contributed by atoms with van der Waals surface area (Å²) in [6.45, 7) is 0.437. The van der Waals surface area contributed by atoms with Gasteiger partial charge in [-0.1, -0.05) is 12.8 Å². The van der Waals surface area contributed by atoms with E-state index in [-0.39, 0.29) is 12.2 Å². The third-order valence-electron chi connectivity index (χ3n) is 2.16. The lowest BCUT2D eigenvalue weighted by molar-refractivity contribution is -0.136. The highest BCUT2D eigenvalue weighted by atomic mass is 32.2. The second-order valence-electron chi connectivity index (χ2n) is 3.59. The van der Waals surface area contributed by atoms with Gasteiger partial charge >= 0.3 is 5.97 Å². The molecule has 0 spiro atoms. The maximum Gasteiger partial charge on any atom is 0.304 e. The van der Waals surface area contributed by atoms with E-state index in [0.717, 1.165) is 6.42 Å². The summed E-state index contributed by atoms with van der Waals surface area (Å²) in [7, 11) is -3.38. The Balaban J connectivity index is 2.15. The summed E-state index contributed by atoms with van der Waals surface area (Å²) in [5, 5.41) is 8.31. The van der Waals surface area contributed by atoms with Crippen molar-refractivity contribution in [2.75, 3.05) is 12.3 Å². The molecule has 0 saturated heterocycles. The van der Waals surface area contributed by atoms with Crippen LogP contribution in [0, 0.1) is 5.92 Å². The Morgan fingerprint density at radius 1 is 1.43 bits per heavy atom. The van der Waals surface area contributed by atoms with Crippen molar-refractivity contribution in [3.63, 3.8) is 0 Å². The number of rotatable bonds is 7. The van der Waals surface area contributed by atoms with Crippen LogP contribution in [0.15, 0.2) is 0 Å². The van der Waals surface area contributed by atoms with Crippen LogP contribution in [0.3, 0.4) is 0 Å². The first-order chi connectivity index (χ1) is 6.49. The molecule has 0 bridgehead atoms. The molecular weight excluding hydrogens is 206 g/mol. The molecule has 6 heteroatoms. The molecule has 0 aromatic carbocycles. The van der Waals surface area contributed by atoms with Crippen molar-refractivity contribution >= 4 is 16.0 Å². The van der Waals surface area contributed by atoms with Crippen LogP contribution in [-0.2, 0) is 14.8 Å². The molecule has 1 fully saturated rings. The normalized spacial score (nSPS) is 16.9. The second-order valence-corrected chi connectivity index (χ2v) is 5.52. The molecule has 82 valence electrons. The fourth-order valence-electron chi connectivity index (χ4n) is 1.12. The molecular formula is C8H15NO4S. The van der Waals surface area contributed by atoms with Crippen LogP contribution >= 0.6 is 0 Å². The van der Waals surface area contributed by atoms with Gasteiger partial charge in [-0.15, -0.1) is 0 Å². The van der Waals surface area contributed by atoms with Gasteiger partial charge in [0.25, 0.3) is 0 Å². The van der Waals surface area contributed by atoms with Crippen molar-refractivity contribution in [1.29, 1.82) is 0 Å². The van der Waals surface area contributed by atoms with Crippen LogP contribution in [0.4, 0.5) is 0 Å². The minimum Gasteiger partial charge on any atom is -0.481 e. The van der Waals surface area contributed by atoms with Crippen molar-refractivity contribution < 1.29 is 18.3 Å². The van der Waals surface area contributed by atoms with E-state index in [2.05, 4.69) is 4.72 Å². The molecule has 0 amide bonds. The highest BCUT2D eigenvalue weighted by Gasteiger charge is 2.21. The van der Waals surface area contributed by atoms with Gasteiger partial charge in [0.1, 0.15) is 0 Å². The van der Waals surface area contributed by atoms with Crippen molar-refractivity contribution in [3.8, 4) is 0 Å². The molecule has 1 aliphatic carbocycles.